The highest BCUT2D eigenvalue weighted by molar-refractivity contribution is 5.19. The summed E-state index contributed by atoms with van der Waals surface area (Å²) in [6.07, 6.45) is -0.0151. The van der Waals surface area contributed by atoms with Gasteiger partial charge in [0.25, 0.3) is 0 Å². The number of rotatable bonds is 1. The van der Waals surface area contributed by atoms with Gasteiger partial charge < -0.3 is 4.74 Å². The lowest BCUT2D eigenvalue weighted by Gasteiger charge is -2.41. The molecule has 0 radical (unpaired) electrons. The first kappa shape index (κ1) is 12.5. The summed E-state index contributed by atoms with van der Waals surface area (Å²) in [5, 5.41) is 0. The van der Waals surface area contributed by atoms with Crippen molar-refractivity contribution in [2.75, 3.05) is 19.7 Å². The topological polar surface area (TPSA) is 12.5 Å². The Balaban J connectivity index is 2.12. The molecule has 1 aromatic rings. The molecule has 0 amide bonds. The molecule has 2 rings (SSSR count). The van der Waals surface area contributed by atoms with Gasteiger partial charge in [-0.15, -0.1) is 0 Å². The van der Waals surface area contributed by atoms with Crippen molar-refractivity contribution in [3.63, 3.8) is 0 Å². The van der Waals surface area contributed by atoms with Gasteiger partial charge in [-0.3, -0.25) is 4.90 Å². The zero-order valence-corrected chi connectivity index (χ0v) is 10.7. The summed E-state index contributed by atoms with van der Waals surface area (Å²) in [5.41, 5.74) is 1.06. The summed E-state index contributed by atoms with van der Waals surface area (Å²) in [4.78, 5) is 2.38. The lowest BCUT2D eigenvalue weighted by molar-refractivity contribution is -0.0597. The zero-order chi connectivity index (χ0) is 12.5. The van der Waals surface area contributed by atoms with Gasteiger partial charge in [0.05, 0.1) is 12.7 Å². The van der Waals surface area contributed by atoms with Gasteiger partial charge in [-0.25, -0.2) is 4.39 Å². The third-order valence-corrected chi connectivity index (χ3v) is 3.24. The van der Waals surface area contributed by atoms with Crippen molar-refractivity contribution in [3.05, 3.63) is 35.6 Å². The molecular weight excluding hydrogens is 217 g/mol. The van der Waals surface area contributed by atoms with Crippen molar-refractivity contribution in [1.82, 2.24) is 4.90 Å². The molecule has 2 nitrogen and oxygen atoms in total. The SMILES string of the molecule is CC(C)(C)N1CCOC(c2cccc(F)c2)C1. The first-order chi connectivity index (χ1) is 7.97. The maximum atomic E-state index is 13.2. The largest absolute Gasteiger partial charge is 0.371 e. The van der Waals surface area contributed by atoms with Crippen LogP contribution in [-0.2, 0) is 4.74 Å². The molecule has 1 heterocycles. The van der Waals surface area contributed by atoms with E-state index in [-0.39, 0.29) is 17.5 Å². The van der Waals surface area contributed by atoms with Crippen LogP contribution >= 0.6 is 0 Å². The average Bonchev–Trinajstić information content (AvgIpc) is 2.28. The number of hydrogen-bond donors (Lipinski definition) is 0. The highest BCUT2D eigenvalue weighted by Gasteiger charge is 2.29. The van der Waals surface area contributed by atoms with E-state index in [0.717, 1.165) is 18.7 Å². The Labute approximate surface area is 102 Å². The van der Waals surface area contributed by atoms with Gasteiger partial charge >= 0.3 is 0 Å². The molecule has 1 unspecified atom stereocenters. The fourth-order valence-electron chi connectivity index (χ4n) is 2.17. The number of hydrogen-bond acceptors (Lipinski definition) is 2. The lowest BCUT2D eigenvalue weighted by atomic mass is 10.0. The molecule has 0 aromatic heterocycles. The van der Waals surface area contributed by atoms with Crippen LogP contribution in [0.4, 0.5) is 4.39 Å². The average molecular weight is 237 g/mol. The summed E-state index contributed by atoms with van der Waals surface area (Å²) in [7, 11) is 0. The predicted molar refractivity (Wildman–Crippen MR) is 66.4 cm³/mol. The predicted octanol–water partition coefficient (Wildman–Crippen LogP) is 3.00. The van der Waals surface area contributed by atoms with E-state index in [1.54, 1.807) is 12.1 Å². The Kier molecular flexibility index (Phi) is 3.50. The summed E-state index contributed by atoms with van der Waals surface area (Å²) < 4.78 is 18.9. The van der Waals surface area contributed by atoms with Crippen LogP contribution in [0.5, 0.6) is 0 Å². The summed E-state index contributed by atoms with van der Waals surface area (Å²) in [5.74, 6) is -0.195. The van der Waals surface area contributed by atoms with Crippen LogP contribution in [-0.4, -0.2) is 30.1 Å². The van der Waals surface area contributed by atoms with Crippen molar-refractivity contribution in [2.24, 2.45) is 0 Å². The molecule has 0 aliphatic carbocycles. The molecule has 0 N–H and O–H groups in total. The van der Waals surface area contributed by atoms with Crippen LogP contribution in [0.25, 0.3) is 0 Å². The van der Waals surface area contributed by atoms with Crippen LogP contribution < -0.4 is 0 Å². The van der Waals surface area contributed by atoms with Crippen molar-refractivity contribution in [2.45, 2.75) is 32.4 Å². The Bertz CT molecular complexity index is 386. The fraction of sp³-hybridized carbons (Fsp3) is 0.571. The number of halogens is 1. The van der Waals surface area contributed by atoms with Crippen LogP contribution in [0.2, 0.25) is 0 Å². The van der Waals surface area contributed by atoms with Crippen molar-refractivity contribution >= 4 is 0 Å². The maximum Gasteiger partial charge on any atom is 0.123 e. The van der Waals surface area contributed by atoms with E-state index < -0.39 is 0 Å². The second kappa shape index (κ2) is 4.75. The van der Waals surface area contributed by atoms with Crippen molar-refractivity contribution in [3.8, 4) is 0 Å². The first-order valence-electron chi connectivity index (χ1n) is 6.09. The number of ether oxygens (including phenoxy) is 1. The third kappa shape index (κ3) is 3.05. The van der Waals surface area contributed by atoms with E-state index in [1.165, 1.54) is 6.07 Å². The van der Waals surface area contributed by atoms with Gasteiger partial charge in [-0.2, -0.15) is 0 Å². The maximum absolute atomic E-state index is 13.2. The molecule has 17 heavy (non-hydrogen) atoms. The Hall–Kier alpha value is -0.930. The van der Waals surface area contributed by atoms with Crippen molar-refractivity contribution < 1.29 is 9.13 Å². The molecule has 94 valence electrons. The monoisotopic (exact) mass is 237 g/mol. The zero-order valence-electron chi connectivity index (χ0n) is 10.7. The normalized spacial score (nSPS) is 22.7. The molecule has 1 saturated heterocycles. The van der Waals surface area contributed by atoms with E-state index >= 15 is 0 Å². The molecule has 1 aromatic carbocycles. The molecule has 1 aliphatic heterocycles. The van der Waals surface area contributed by atoms with Gasteiger partial charge in [-0.1, -0.05) is 12.1 Å². The van der Waals surface area contributed by atoms with Gasteiger partial charge in [0, 0.05) is 18.6 Å². The first-order valence-corrected chi connectivity index (χ1v) is 6.09. The second-order valence-electron chi connectivity index (χ2n) is 5.53. The van der Waals surface area contributed by atoms with E-state index in [2.05, 4.69) is 25.7 Å². The quantitative estimate of drug-likeness (QED) is 0.744. The summed E-state index contributed by atoms with van der Waals surface area (Å²) in [6, 6.07) is 6.70. The Morgan fingerprint density at radius 2 is 2.12 bits per heavy atom. The fourth-order valence-corrected chi connectivity index (χ4v) is 2.17. The summed E-state index contributed by atoms with van der Waals surface area (Å²) in [6.45, 7) is 9.06. The number of morpholine rings is 1. The van der Waals surface area contributed by atoms with E-state index in [4.69, 9.17) is 4.74 Å². The smallest absolute Gasteiger partial charge is 0.123 e. The van der Waals surface area contributed by atoms with Crippen LogP contribution in [0.3, 0.4) is 0 Å². The molecule has 1 fully saturated rings. The van der Waals surface area contributed by atoms with Gasteiger partial charge in [0.1, 0.15) is 5.82 Å². The van der Waals surface area contributed by atoms with Crippen LogP contribution in [0.1, 0.15) is 32.4 Å². The molecular formula is C14H20FNO. The molecule has 1 aliphatic rings. The number of nitrogens with zero attached hydrogens (tertiary/aromatic N) is 1. The standard InChI is InChI=1S/C14H20FNO/c1-14(2,3)16-7-8-17-13(10-16)11-5-4-6-12(15)9-11/h4-6,9,13H,7-8,10H2,1-3H3. The van der Waals surface area contributed by atoms with Gasteiger partial charge in [-0.05, 0) is 38.5 Å². The summed E-state index contributed by atoms with van der Waals surface area (Å²) >= 11 is 0. The molecule has 0 bridgehead atoms. The molecule has 3 heteroatoms. The highest BCUT2D eigenvalue weighted by Crippen LogP contribution is 2.26. The van der Waals surface area contributed by atoms with Crippen LogP contribution in [0.15, 0.2) is 24.3 Å². The van der Waals surface area contributed by atoms with Crippen LogP contribution in [0, 0.1) is 5.82 Å². The van der Waals surface area contributed by atoms with Gasteiger partial charge in [0.2, 0.25) is 0 Å². The van der Waals surface area contributed by atoms with E-state index in [1.807, 2.05) is 6.07 Å². The minimum absolute atomic E-state index is 0.0151. The van der Waals surface area contributed by atoms with Gasteiger partial charge in [0.15, 0.2) is 0 Å². The minimum atomic E-state index is -0.195. The van der Waals surface area contributed by atoms with Crippen molar-refractivity contribution in [1.29, 1.82) is 0 Å². The molecule has 0 saturated carbocycles. The highest BCUT2D eigenvalue weighted by atomic mass is 19.1. The van der Waals surface area contributed by atoms with E-state index in [0.29, 0.717) is 6.61 Å². The second-order valence-corrected chi connectivity index (χ2v) is 5.53. The number of benzene rings is 1. The third-order valence-electron chi connectivity index (χ3n) is 3.24. The molecule has 1 atom stereocenters. The molecule has 0 spiro atoms. The Morgan fingerprint density at radius 3 is 2.76 bits per heavy atom. The Morgan fingerprint density at radius 1 is 1.35 bits per heavy atom. The minimum Gasteiger partial charge on any atom is -0.371 e. The lowest BCUT2D eigenvalue weighted by Crippen LogP contribution is -2.48. The van der Waals surface area contributed by atoms with E-state index in [9.17, 15) is 4.39 Å².